The van der Waals surface area contributed by atoms with E-state index in [1.807, 2.05) is 6.20 Å². The molecule has 0 amide bonds. The molecule has 1 aromatic rings. The number of aliphatic hydroxyl groups is 1. The molecule has 1 fully saturated rings. The molecule has 1 unspecified atom stereocenters. The lowest BCUT2D eigenvalue weighted by atomic mass is 10.0. The second kappa shape index (κ2) is 8.34. The smallest absolute Gasteiger partial charge is 0.0964 e. The van der Waals surface area contributed by atoms with Crippen LogP contribution in [0, 0.1) is 5.92 Å². The molecule has 0 saturated heterocycles. The van der Waals surface area contributed by atoms with Crippen molar-refractivity contribution in [1.29, 1.82) is 0 Å². The van der Waals surface area contributed by atoms with Gasteiger partial charge < -0.3 is 15.2 Å². The zero-order valence-corrected chi connectivity index (χ0v) is 12.3. The van der Waals surface area contributed by atoms with E-state index in [9.17, 15) is 5.11 Å². The first-order valence-corrected chi connectivity index (χ1v) is 7.54. The molecule has 20 heavy (non-hydrogen) atoms. The number of nitrogens with zero attached hydrogens (tertiary/aromatic N) is 3. The van der Waals surface area contributed by atoms with Crippen LogP contribution in [0.1, 0.15) is 37.8 Å². The van der Waals surface area contributed by atoms with E-state index in [0.29, 0.717) is 25.6 Å². The van der Waals surface area contributed by atoms with E-state index >= 15 is 0 Å². The maximum Gasteiger partial charge on any atom is 0.0964 e. The largest absolute Gasteiger partial charge is 0.391 e. The molecule has 1 saturated carbocycles. The third-order valence-electron chi connectivity index (χ3n) is 3.85. The maximum atomic E-state index is 10.1. The Balaban J connectivity index is 1.68. The number of methoxy groups -OCH3 is 1. The average molecular weight is 282 g/mol. The molecule has 6 nitrogen and oxygen atoms in total. The lowest BCUT2D eigenvalue weighted by Crippen LogP contribution is -2.19. The molecular formula is C14H26N4O2. The fourth-order valence-corrected chi connectivity index (χ4v) is 2.82. The predicted octanol–water partition coefficient (Wildman–Crippen LogP) is 0.955. The van der Waals surface area contributed by atoms with Gasteiger partial charge in [0.05, 0.1) is 24.9 Å². The summed E-state index contributed by atoms with van der Waals surface area (Å²) >= 11 is 0. The summed E-state index contributed by atoms with van der Waals surface area (Å²) < 4.78 is 6.71. The van der Waals surface area contributed by atoms with E-state index in [1.165, 1.54) is 25.7 Å². The summed E-state index contributed by atoms with van der Waals surface area (Å²) in [5.74, 6) is 0.698. The van der Waals surface area contributed by atoms with Crippen molar-refractivity contribution in [1.82, 2.24) is 20.3 Å². The van der Waals surface area contributed by atoms with Crippen LogP contribution in [0.3, 0.4) is 0 Å². The quantitative estimate of drug-likeness (QED) is 0.660. The number of aliphatic hydroxyl groups excluding tert-OH is 1. The first kappa shape index (κ1) is 15.4. The molecule has 2 N–H and O–H groups in total. The Labute approximate surface area is 120 Å². The van der Waals surface area contributed by atoms with Crippen molar-refractivity contribution < 1.29 is 9.84 Å². The van der Waals surface area contributed by atoms with E-state index in [1.54, 1.807) is 11.8 Å². The van der Waals surface area contributed by atoms with Crippen LogP contribution < -0.4 is 5.32 Å². The van der Waals surface area contributed by atoms with Crippen LogP contribution in [0.15, 0.2) is 6.20 Å². The molecule has 1 aliphatic rings. The molecule has 0 radical (unpaired) electrons. The van der Waals surface area contributed by atoms with Crippen LogP contribution in [0.4, 0.5) is 0 Å². The van der Waals surface area contributed by atoms with Gasteiger partial charge in [-0.2, -0.15) is 0 Å². The molecule has 0 aromatic carbocycles. The lowest BCUT2D eigenvalue weighted by Gasteiger charge is -2.14. The Hall–Kier alpha value is -0.980. The molecule has 1 aliphatic carbocycles. The highest BCUT2D eigenvalue weighted by atomic mass is 16.5. The summed E-state index contributed by atoms with van der Waals surface area (Å²) in [6.45, 7) is 2.71. The van der Waals surface area contributed by atoms with Crippen molar-refractivity contribution in [3.63, 3.8) is 0 Å². The number of ether oxygens (including phenoxy) is 1. The summed E-state index contributed by atoms with van der Waals surface area (Å²) in [5, 5.41) is 21.5. The molecule has 114 valence electrons. The summed E-state index contributed by atoms with van der Waals surface area (Å²) in [7, 11) is 1.68. The van der Waals surface area contributed by atoms with Gasteiger partial charge in [-0.25, -0.2) is 4.68 Å². The first-order chi connectivity index (χ1) is 9.78. The van der Waals surface area contributed by atoms with Gasteiger partial charge in [0.25, 0.3) is 0 Å². The zero-order valence-electron chi connectivity index (χ0n) is 12.3. The molecule has 0 bridgehead atoms. The van der Waals surface area contributed by atoms with Crippen LogP contribution in [0.2, 0.25) is 0 Å². The maximum absolute atomic E-state index is 10.1. The van der Waals surface area contributed by atoms with Crippen LogP contribution in [-0.2, 0) is 17.8 Å². The van der Waals surface area contributed by atoms with E-state index < -0.39 is 0 Å². The highest BCUT2D eigenvalue weighted by molar-refractivity contribution is 4.91. The highest BCUT2D eigenvalue weighted by Gasteiger charge is 2.19. The minimum atomic E-state index is -0.311. The summed E-state index contributed by atoms with van der Waals surface area (Å²) in [6, 6.07) is 0. The van der Waals surface area contributed by atoms with Crippen LogP contribution in [-0.4, -0.2) is 46.5 Å². The minimum absolute atomic E-state index is 0.311. The fourth-order valence-electron chi connectivity index (χ4n) is 2.82. The Morgan fingerprint density at radius 3 is 3.05 bits per heavy atom. The third kappa shape index (κ3) is 5.19. The van der Waals surface area contributed by atoms with Crippen molar-refractivity contribution in [3.8, 4) is 0 Å². The molecule has 1 aromatic heterocycles. The molecule has 2 rings (SSSR count). The first-order valence-electron chi connectivity index (χ1n) is 7.54. The van der Waals surface area contributed by atoms with E-state index in [-0.39, 0.29) is 6.10 Å². The standard InChI is InChI=1S/C14H26N4O2/c1-20-7-6-15-9-13-10-18(17-16-13)11-14(19)8-12-4-2-3-5-12/h10,12,14-15,19H,2-9,11H2,1H3. The normalized spacial score (nSPS) is 17.7. The van der Waals surface area contributed by atoms with Gasteiger partial charge in [0.1, 0.15) is 0 Å². The molecule has 1 heterocycles. The Morgan fingerprint density at radius 2 is 2.30 bits per heavy atom. The molecule has 0 aliphatic heterocycles. The monoisotopic (exact) mass is 282 g/mol. The predicted molar refractivity (Wildman–Crippen MR) is 76.2 cm³/mol. The Morgan fingerprint density at radius 1 is 1.50 bits per heavy atom. The van der Waals surface area contributed by atoms with Gasteiger partial charge in [-0.1, -0.05) is 30.9 Å². The fraction of sp³-hybridized carbons (Fsp3) is 0.857. The van der Waals surface area contributed by atoms with Gasteiger partial charge >= 0.3 is 0 Å². The van der Waals surface area contributed by atoms with Crippen molar-refractivity contribution in [2.24, 2.45) is 5.92 Å². The van der Waals surface area contributed by atoms with Gasteiger partial charge in [-0.15, -0.1) is 5.10 Å². The Kier molecular flexibility index (Phi) is 6.42. The summed E-state index contributed by atoms with van der Waals surface area (Å²) in [5.41, 5.74) is 0.897. The van der Waals surface area contributed by atoms with Crippen molar-refractivity contribution in [2.45, 2.75) is 51.3 Å². The summed E-state index contributed by atoms with van der Waals surface area (Å²) in [6.07, 6.45) is 7.65. The lowest BCUT2D eigenvalue weighted by molar-refractivity contribution is 0.120. The topological polar surface area (TPSA) is 72.2 Å². The number of hydrogen-bond donors (Lipinski definition) is 2. The number of aromatic nitrogens is 3. The average Bonchev–Trinajstić information content (AvgIpc) is 3.07. The SMILES string of the molecule is COCCNCc1cn(CC(O)CC2CCCC2)nn1. The molecule has 0 spiro atoms. The Bertz CT molecular complexity index is 377. The van der Waals surface area contributed by atoms with Gasteiger partial charge in [0.15, 0.2) is 0 Å². The number of hydrogen-bond acceptors (Lipinski definition) is 5. The van der Waals surface area contributed by atoms with Crippen molar-refractivity contribution in [3.05, 3.63) is 11.9 Å². The van der Waals surface area contributed by atoms with Gasteiger partial charge in [0.2, 0.25) is 0 Å². The zero-order chi connectivity index (χ0) is 14.2. The van der Waals surface area contributed by atoms with E-state index in [4.69, 9.17) is 4.74 Å². The van der Waals surface area contributed by atoms with Gasteiger partial charge in [-0.05, 0) is 12.3 Å². The van der Waals surface area contributed by atoms with Gasteiger partial charge in [0, 0.05) is 26.4 Å². The summed E-state index contributed by atoms with van der Waals surface area (Å²) in [4.78, 5) is 0. The highest BCUT2D eigenvalue weighted by Crippen LogP contribution is 2.28. The molecular weight excluding hydrogens is 256 g/mol. The van der Waals surface area contributed by atoms with Crippen LogP contribution >= 0.6 is 0 Å². The number of nitrogens with one attached hydrogen (secondary N) is 1. The third-order valence-corrected chi connectivity index (χ3v) is 3.85. The van der Waals surface area contributed by atoms with Crippen LogP contribution in [0.5, 0.6) is 0 Å². The van der Waals surface area contributed by atoms with E-state index in [2.05, 4.69) is 15.6 Å². The second-order valence-electron chi connectivity index (χ2n) is 5.64. The minimum Gasteiger partial charge on any atom is -0.391 e. The van der Waals surface area contributed by atoms with Gasteiger partial charge in [-0.3, -0.25) is 0 Å². The van der Waals surface area contributed by atoms with Crippen LogP contribution in [0.25, 0.3) is 0 Å². The number of rotatable bonds is 9. The van der Waals surface area contributed by atoms with E-state index in [0.717, 1.165) is 18.7 Å². The molecule has 6 heteroatoms. The second-order valence-corrected chi connectivity index (χ2v) is 5.64. The van der Waals surface area contributed by atoms with Crippen molar-refractivity contribution in [2.75, 3.05) is 20.3 Å². The van der Waals surface area contributed by atoms with Crippen molar-refractivity contribution >= 4 is 0 Å². The molecule has 1 atom stereocenters.